The molecule has 2 unspecified atom stereocenters. The number of nitrogens with two attached hydrogens (primary N) is 2. The maximum Gasteiger partial charge on any atom is 0.296 e. The Morgan fingerprint density at radius 3 is 2.42 bits per heavy atom. The van der Waals surface area contributed by atoms with E-state index in [0.29, 0.717) is 6.54 Å². The van der Waals surface area contributed by atoms with Crippen LogP contribution >= 0.6 is 0 Å². The number of hydrogen-bond acceptors (Lipinski definition) is 9. The fraction of sp³-hybridized carbons (Fsp3) is 0.364. The number of aliphatic imine (C=N–C) groups is 1. The van der Waals surface area contributed by atoms with Crippen molar-refractivity contribution in [3.05, 3.63) is 18.2 Å². The van der Waals surface area contributed by atoms with E-state index in [1.165, 1.54) is 0 Å². The monoisotopic (exact) mass is 409 g/mol. The van der Waals surface area contributed by atoms with E-state index in [1.54, 1.807) is 0 Å². The molecule has 1 saturated heterocycles. The summed E-state index contributed by atoms with van der Waals surface area (Å²) in [6.45, 7) is 0.584. The molecule has 1 aromatic carbocycles. The van der Waals surface area contributed by atoms with Crippen LogP contribution in [0.15, 0.2) is 33.0 Å². The Bertz CT molecular complexity index is 902. The molecule has 1 aliphatic heterocycles. The van der Waals surface area contributed by atoms with Crippen molar-refractivity contribution in [1.29, 1.82) is 0 Å². The van der Waals surface area contributed by atoms with Crippen LogP contribution in [0.5, 0.6) is 0 Å². The van der Waals surface area contributed by atoms with Gasteiger partial charge in [0.1, 0.15) is 11.2 Å². The van der Waals surface area contributed by atoms with E-state index >= 15 is 0 Å². The van der Waals surface area contributed by atoms with Crippen molar-refractivity contribution in [2.24, 2.45) is 16.5 Å². The van der Waals surface area contributed by atoms with Crippen LogP contribution in [0.3, 0.4) is 0 Å². The highest BCUT2D eigenvalue weighted by Crippen LogP contribution is 2.25. The summed E-state index contributed by atoms with van der Waals surface area (Å²) in [5.74, 6) is 0.263. The van der Waals surface area contributed by atoms with Gasteiger partial charge in [0.2, 0.25) is 0 Å². The lowest BCUT2D eigenvalue weighted by atomic mass is 10.3. The molecule has 1 aliphatic rings. The van der Waals surface area contributed by atoms with Crippen LogP contribution < -0.4 is 32.7 Å². The Balaban J connectivity index is 2.37. The molecule has 1 aromatic rings. The molecule has 0 radical (unpaired) electrons. The van der Waals surface area contributed by atoms with Gasteiger partial charge in [-0.05, 0) is 18.2 Å². The van der Waals surface area contributed by atoms with Gasteiger partial charge < -0.3 is 21.7 Å². The zero-order valence-electron chi connectivity index (χ0n) is 13.2. The van der Waals surface area contributed by atoms with Crippen molar-refractivity contribution >= 4 is 31.9 Å². The summed E-state index contributed by atoms with van der Waals surface area (Å²) in [5, 5.41) is 10.9. The first-order valence-electron chi connectivity index (χ1n) is 7.15. The molecule has 0 amide bonds. The lowest BCUT2D eigenvalue weighted by Gasteiger charge is -2.34. The molecule has 2 atom stereocenters. The Labute approximate surface area is 149 Å². The number of rotatable bonds is 6. The first-order valence-corrected chi connectivity index (χ1v) is 10.0. The van der Waals surface area contributed by atoms with Gasteiger partial charge in [0.25, 0.3) is 20.2 Å². The normalized spacial score (nSPS) is 22.5. The third-order valence-corrected chi connectivity index (χ3v) is 4.91. The van der Waals surface area contributed by atoms with Gasteiger partial charge in [0.05, 0.1) is 17.1 Å². The number of anilines is 1. The molecular weight excluding hydrogens is 390 g/mol. The fourth-order valence-corrected chi connectivity index (χ4v) is 3.24. The molecule has 1 fully saturated rings. The van der Waals surface area contributed by atoms with Gasteiger partial charge in [0, 0.05) is 6.54 Å². The van der Waals surface area contributed by atoms with E-state index in [1.807, 2.05) is 0 Å². The quantitative estimate of drug-likeness (QED) is 0.223. The van der Waals surface area contributed by atoms with E-state index in [9.17, 15) is 21.4 Å². The summed E-state index contributed by atoms with van der Waals surface area (Å²) >= 11 is 0. The van der Waals surface area contributed by atoms with Crippen LogP contribution in [0, 0.1) is 0 Å². The zero-order valence-corrected chi connectivity index (χ0v) is 14.9. The maximum atomic E-state index is 11.5. The van der Waals surface area contributed by atoms with Crippen molar-refractivity contribution in [2.45, 2.75) is 22.4 Å². The molecule has 0 spiro atoms. The highest BCUT2D eigenvalue weighted by Gasteiger charge is 2.25. The predicted molar refractivity (Wildman–Crippen MR) is 92.2 cm³/mol. The Morgan fingerprint density at radius 1 is 1.15 bits per heavy atom. The van der Waals surface area contributed by atoms with Gasteiger partial charge in [-0.25, -0.2) is 5.32 Å². The van der Waals surface area contributed by atoms with Crippen LogP contribution in [-0.4, -0.2) is 57.6 Å². The van der Waals surface area contributed by atoms with Crippen LogP contribution in [0.1, 0.15) is 0 Å². The van der Waals surface area contributed by atoms with Gasteiger partial charge in [-0.2, -0.15) is 16.8 Å². The van der Waals surface area contributed by atoms with Crippen LogP contribution in [0.4, 0.5) is 5.69 Å². The molecule has 13 nitrogen and oxygen atoms in total. The Kier molecular flexibility index (Phi) is 6.02. The van der Waals surface area contributed by atoms with Crippen molar-refractivity contribution < 1.29 is 25.9 Å². The summed E-state index contributed by atoms with van der Waals surface area (Å²) in [5.41, 5.74) is 10.8. The van der Waals surface area contributed by atoms with Crippen molar-refractivity contribution in [1.82, 2.24) is 16.0 Å². The number of hydrogen-bond donors (Lipinski definition) is 8. The largest absolute Gasteiger partial charge is 0.352 e. The van der Waals surface area contributed by atoms with Gasteiger partial charge >= 0.3 is 0 Å². The SMILES string of the molecule is NCCN=C1NC(N)NC(Nc2cc(S(=O)(=O)O)ccc2S(=O)(=O)O)N1. The number of nitrogens with one attached hydrogen (secondary N) is 4. The van der Waals surface area contributed by atoms with Crippen LogP contribution in [0.2, 0.25) is 0 Å². The highest BCUT2D eigenvalue weighted by atomic mass is 32.2. The van der Waals surface area contributed by atoms with Crippen LogP contribution in [-0.2, 0) is 20.2 Å². The lowest BCUT2D eigenvalue weighted by Crippen LogP contribution is -2.70. The third kappa shape index (κ3) is 5.24. The summed E-state index contributed by atoms with van der Waals surface area (Å²) < 4.78 is 64.0. The molecule has 0 aromatic heterocycles. The summed E-state index contributed by atoms with van der Waals surface area (Å²) in [6.07, 6.45) is -1.66. The second-order valence-corrected chi connectivity index (χ2v) is 7.95. The average molecular weight is 409 g/mol. The molecule has 2 rings (SSSR count). The van der Waals surface area contributed by atoms with E-state index in [-0.39, 0.29) is 18.2 Å². The number of guanidine groups is 1. The molecule has 0 aliphatic carbocycles. The minimum atomic E-state index is -4.68. The smallest absolute Gasteiger partial charge is 0.296 e. The number of benzene rings is 1. The van der Waals surface area contributed by atoms with E-state index in [2.05, 4.69) is 26.3 Å². The summed E-state index contributed by atoms with van der Waals surface area (Å²) in [6, 6.07) is 2.53. The Hall–Kier alpha value is -2.01. The third-order valence-electron chi connectivity index (χ3n) is 3.15. The highest BCUT2D eigenvalue weighted by molar-refractivity contribution is 7.86. The van der Waals surface area contributed by atoms with Gasteiger partial charge in [0.15, 0.2) is 12.2 Å². The minimum Gasteiger partial charge on any atom is -0.352 e. The number of nitrogens with zero attached hydrogens (tertiary/aromatic N) is 1. The van der Waals surface area contributed by atoms with E-state index in [4.69, 9.17) is 16.0 Å². The molecule has 1 heterocycles. The van der Waals surface area contributed by atoms with Gasteiger partial charge in [-0.15, -0.1) is 0 Å². The van der Waals surface area contributed by atoms with Gasteiger partial charge in [-0.3, -0.25) is 19.8 Å². The van der Waals surface area contributed by atoms with Crippen molar-refractivity contribution in [3.8, 4) is 0 Å². The molecule has 146 valence electrons. The Morgan fingerprint density at radius 2 is 1.85 bits per heavy atom. The second kappa shape index (κ2) is 7.70. The lowest BCUT2D eigenvalue weighted by molar-refractivity contribution is 0.380. The predicted octanol–water partition coefficient (Wildman–Crippen LogP) is -2.79. The van der Waals surface area contributed by atoms with Crippen molar-refractivity contribution in [2.75, 3.05) is 18.4 Å². The molecule has 26 heavy (non-hydrogen) atoms. The van der Waals surface area contributed by atoms with Crippen molar-refractivity contribution in [3.63, 3.8) is 0 Å². The summed E-state index contributed by atoms with van der Waals surface area (Å²) in [4.78, 5) is 2.91. The molecule has 15 heteroatoms. The second-order valence-electron chi connectivity index (χ2n) is 5.14. The zero-order chi connectivity index (χ0) is 19.5. The summed E-state index contributed by atoms with van der Waals surface area (Å²) in [7, 11) is -9.27. The topological polar surface area (TPSA) is 221 Å². The first-order chi connectivity index (χ1) is 12.0. The van der Waals surface area contributed by atoms with Crippen LogP contribution in [0.25, 0.3) is 0 Å². The minimum absolute atomic E-state index is 0.263. The molecular formula is C11H19N7O6S2. The van der Waals surface area contributed by atoms with E-state index < -0.39 is 42.6 Å². The van der Waals surface area contributed by atoms with Gasteiger partial charge in [-0.1, -0.05) is 0 Å². The molecule has 10 N–H and O–H groups in total. The fourth-order valence-electron chi connectivity index (χ4n) is 2.10. The molecule has 0 saturated carbocycles. The van der Waals surface area contributed by atoms with E-state index in [0.717, 1.165) is 18.2 Å². The molecule has 0 bridgehead atoms. The maximum absolute atomic E-state index is 11.5. The average Bonchev–Trinajstić information content (AvgIpc) is 2.50. The standard InChI is InChI=1S/C11H19N7O6S2/c12-3-4-14-10-16-9(13)17-11(18-10)15-7-5-6(25(19,20)21)1-2-8(7)26(22,23)24/h1-2,5,9,11,15,17H,3-4,12-13H2,(H2,14,16,18)(H,19,20,21)(H,22,23,24). The first kappa shape index (κ1) is 20.3.